The fourth-order valence-electron chi connectivity index (χ4n) is 2.86. The van der Waals surface area contributed by atoms with Crippen LogP contribution in [0.1, 0.15) is 18.4 Å². The Hall–Kier alpha value is -1.39. The molecule has 2 aliphatic rings. The molecule has 18 heavy (non-hydrogen) atoms. The van der Waals surface area contributed by atoms with Crippen LogP contribution < -0.4 is 10.2 Å². The molecule has 2 aliphatic heterocycles. The number of fused-ring (bicyclic) bond motifs is 1. The first kappa shape index (κ1) is 11.7. The van der Waals surface area contributed by atoms with Gasteiger partial charge in [-0.25, -0.2) is 0 Å². The maximum absolute atomic E-state index is 12.5. The number of nitrogens with one attached hydrogen (secondary N) is 1. The van der Waals surface area contributed by atoms with Gasteiger partial charge >= 0.3 is 0 Å². The molecular weight excluding hydrogens is 228 g/mol. The highest BCUT2D eigenvalue weighted by atomic mass is 16.3. The quantitative estimate of drug-likeness (QED) is 0.774. The SMILES string of the molecule is O=C(C1CCNC1)N1c2ccccc2CCC1O. The average Bonchev–Trinajstić information content (AvgIpc) is 2.92. The Morgan fingerprint density at radius 2 is 2.17 bits per heavy atom. The predicted molar refractivity (Wildman–Crippen MR) is 69.2 cm³/mol. The van der Waals surface area contributed by atoms with Crippen molar-refractivity contribution in [3.63, 3.8) is 0 Å². The summed E-state index contributed by atoms with van der Waals surface area (Å²) in [5, 5.41) is 13.3. The van der Waals surface area contributed by atoms with Gasteiger partial charge in [-0.2, -0.15) is 0 Å². The van der Waals surface area contributed by atoms with Gasteiger partial charge in [0.15, 0.2) is 0 Å². The first-order valence-corrected chi connectivity index (χ1v) is 6.57. The van der Waals surface area contributed by atoms with E-state index >= 15 is 0 Å². The lowest BCUT2D eigenvalue weighted by molar-refractivity contribution is -0.124. The molecule has 0 bridgehead atoms. The second-order valence-electron chi connectivity index (χ2n) is 5.05. The van der Waals surface area contributed by atoms with E-state index in [1.54, 1.807) is 4.90 Å². The molecule has 96 valence electrons. The second-order valence-corrected chi connectivity index (χ2v) is 5.05. The zero-order valence-electron chi connectivity index (χ0n) is 10.3. The van der Waals surface area contributed by atoms with E-state index in [1.807, 2.05) is 24.3 Å². The van der Waals surface area contributed by atoms with Gasteiger partial charge in [0, 0.05) is 12.2 Å². The molecule has 1 fully saturated rings. The Balaban J connectivity index is 1.92. The Labute approximate surface area is 107 Å². The monoisotopic (exact) mass is 246 g/mol. The van der Waals surface area contributed by atoms with Gasteiger partial charge in [0.25, 0.3) is 0 Å². The van der Waals surface area contributed by atoms with Crippen LogP contribution in [-0.2, 0) is 11.2 Å². The zero-order valence-corrected chi connectivity index (χ0v) is 10.3. The van der Waals surface area contributed by atoms with Gasteiger partial charge in [-0.1, -0.05) is 18.2 Å². The number of rotatable bonds is 1. The van der Waals surface area contributed by atoms with E-state index in [-0.39, 0.29) is 11.8 Å². The summed E-state index contributed by atoms with van der Waals surface area (Å²) < 4.78 is 0. The molecule has 0 aromatic heterocycles. The van der Waals surface area contributed by atoms with E-state index in [0.717, 1.165) is 37.2 Å². The predicted octanol–water partition coefficient (Wildman–Crippen LogP) is 0.894. The normalized spacial score (nSPS) is 27.1. The van der Waals surface area contributed by atoms with Crippen molar-refractivity contribution < 1.29 is 9.90 Å². The molecule has 1 aromatic carbocycles. The van der Waals surface area contributed by atoms with Gasteiger partial charge < -0.3 is 10.4 Å². The minimum Gasteiger partial charge on any atom is -0.373 e. The van der Waals surface area contributed by atoms with Crippen LogP contribution in [0.25, 0.3) is 0 Å². The number of benzene rings is 1. The highest BCUT2D eigenvalue weighted by Gasteiger charge is 2.34. The van der Waals surface area contributed by atoms with Crippen LogP contribution in [-0.4, -0.2) is 30.3 Å². The van der Waals surface area contributed by atoms with E-state index in [4.69, 9.17) is 0 Å². The van der Waals surface area contributed by atoms with Crippen LogP contribution in [0.15, 0.2) is 24.3 Å². The van der Waals surface area contributed by atoms with Crippen molar-refractivity contribution in [2.45, 2.75) is 25.5 Å². The number of anilines is 1. The first-order chi connectivity index (χ1) is 8.77. The highest BCUT2D eigenvalue weighted by molar-refractivity contribution is 5.96. The third-order valence-electron chi connectivity index (χ3n) is 3.87. The van der Waals surface area contributed by atoms with E-state index in [9.17, 15) is 9.90 Å². The summed E-state index contributed by atoms with van der Waals surface area (Å²) in [5.74, 6) is 0.0606. The summed E-state index contributed by atoms with van der Waals surface area (Å²) in [7, 11) is 0. The molecule has 0 radical (unpaired) electrons. The van der Waals surface area contributed by atoms with E-state index < -0.39 is 6.23 Å². The number of hydrogen-bond acceptors (Lipinski definition) is 3. The van der Waals surface area contributed by atoms with Gasteiger partial charge in [-0.05, 0) is 37.4 Å². The summed E-state index contributed by atoms with van der Waals surface area (Å²) in [6.45, 7) is 1.62. The van der Waals surface area contributed by atoms with Crippen LogP contribution in [0, 0.1) is 5.92 Å². The summed E-state index contributed by atoms with van der Waals surface area (Å²) >= 11 is 0. The first-order valence-electron chi connectivity index (χ1n) is 6.57. The second kappa shape index (κ2) is 4.71. The minimum atomic E-state index is -0.673. The van der Waals surface area contributed by atoms with Gasteiger partial charge in [-0.15, -0.1) is 0 Å². The molecule has 2 N–H and O–H groups in total. The summed E-state index contributed by atoms with van der Waals surface area (Å²) in [4.78, 5) is 14.1. The molecule has 4 nitrogen and oxygen atoms in total. The van der Waals surface area contributed by atoms with Crippen molar-refractivity contribution in [2.24, 2.45) is 5.92 Å². The molecule has 3 rings (SSSR count). The standard InChI is InChI=1S/C14H18N2O2/c17-13-6-5-10-3-1-2-4-12(10)16(13)14(18)11-7-8-15-9-11/h1-4,11,13,15,17H,5-9H2. The topological polar surface area (TPSA) is 52.6 Å². The van der Waals surface area contributed by atoms with E-state index in [2.05, 4.69) is 5.32 Å². The number of amides is 1. The number of para-hydroxylation sites is 1. The zero-order chi connectivity index (χ0) is 12.5. The lowest BCUT2D eigenvalue weighted by atomic mass is 9.98. The molecule has 4 heteroatoms. The van der Waals surface area contributed by atoms with Gasteiger partial charge in [-0.3, -0.25) is 9.69 Å². The van der Waals surface area contributed by atoms with Crippen LogP contribution in [0.5, 0.6) is 0 Å². The number of hydrogen-bond donors (Lipinski definition) is 2. The molecule has 1 amide bonds. The molecule has 0 saturated carbocycles. The molecular formula is C14H18N2O2. The van der Waals surface area contributed by atoms with Crippen LogP contribution in [0.4, 0.5) is 5.69 Å². The Kier molecular flexibility index (Phi) is 3.06. The molecule has 1 aromatic rings. The maximum atomic E-state index is 12.5. The molecule has 2 heterocycles. The molecule has 0 aliphatic carbocycles. The Morgan fingerprint density at radius 1 is 1.33 bits per heavy atom. The number of aliphatic hydroxyl groups is 1. The van der Waals surface area contributed by atoms with Crippen molar-refractivity contribution in [1.29, 1.82) is 0 Å². The molecule has 1 saturated heterocycles. The molecule has 2 atom stereocenters. The molecule has 2 unspecified atom stereocenters. The van der Waals surface area contributed by atoms with Gasteiger partial charge in [0.05, 0.1) is 5.92 Å². The number of aryl methyl sites for hydroxylation is 1. The summed E-state index contributed by atoms with van der Waals surface area (Å²) in [5.41, 5.74) is 2.04. The number of aliphatic hydroxyl groups excluding tert-OH is 1. The highest BCUT2D eigenvalue weighted by Crippen LogP contribution is 2.31. The Bertz CT molecular complexity index is 455. The van der Waals surface area contributed by atoms with E-state index in [0.29, 0.717) is 6.42 Å². The fourth-order valence-corrected chi connectivity index (χ4v) is 2.86. The summed E-state index contributed by atoms with van der Waals surface area (Å²) in [6, 6.07) is 7.87. The van der Waals surface area contributed by atoms with Gasteiger partial charge in [0.1, 0.15) is 6.23 Å². The van der Waals surface area contributed by atoms with Crippen LogP contribution in [0.3, 0.4) is 0 Å². The number of nitrogens with zero attached hydrogens (tertiary/aromatic N) is 1. The third kappa shape index (κ3) is 1.91. The van der Waals surface area contributed by atoms with Crippen molar-refractivity contribution in [3.8, 4) is 0 Å². The van der Waals surface area contributed by atoms with Crippen LogP contribution >= 0.6 is 0 Å². The van der Waals surface area contributed by atoms with Crippen molar-refractivity contribution in [2.75, 3.05) is 18.0 Å². The van der Waals surface area contributed by atoms with Crippen LogP contribution in [0.2, 0.25) is 0 Å². The average molecular weight is 246 g/mol. The Morgan fingerprint density at radius 3 is 2.94 bits per heavy atom. The number of carbonyl (C=O) groups excluding carboxylic acids is 1. The van der Waals surface area contributed by atoms with Crippen molar-refractivity contribution >= 4 is 11.6 Å². The largest absolute Gasteiger partial charge is 0.373 e. The number of carbonyl (C=O) groups is 1. The van der Waals surface area contributed by atoms with Crippen molar-refractivity contribution in [3.05, 3.63) is 29.8 Å². The maximum Gasteiger partial charge on any atom is 0.233 e. The minimum absolute atomic E-state index is 0.00538. The van der Waals surface area contributed by atoms with Crippen molar-refractivity contribution in [1.82, 2.24) is 5.32 Å². The van der Waals surface area contributed by atoms with Gasteiger partial charge in [0.2, 0.25) is 5.91 Å². The summed E-state index contributed by atoms with van der Waals surface area (Å²) in [6.07, 6.45) is 1.66. The molecule has 0 spiro atoms. The lowest BCUT2D eigenvalue weighted by Crippen LogP contribution is -2.47. The third-order valence-corrected chi connectivity index (χ3v) is 3.87. The van der Waals surface area contributed by atoms with E-state index in [1.165, 1.54) is 0 Å². The smallest absolute Gasteiger partial charge is 0.233 e. The lowest BCUT2D eigenvalue weighted by Gasteiger charge is -2.35. The fraction of sp³-hybridized carbons (Fsp3) is 0.500.